The average Bonchev–Trinajstić information content (AvgIpc) is 2.39. The van der Waals surface area contributed by atoms with Crippen LogP contribution in [0.15, 0.2) is 24.3 Å². The Kier molecular flexibility index (Phi) is 4.38. The van der Waals surface area contributed by atoms with Crippen molar-refractivity contribution < 1.29 is 5.11 Å². The van der Waals surface area contributed by atoms with Crippen LogP contribution in [0.1, 0.15) is 24.2 Å². The lowest BCUT2D eigenvalue weighted by molar-refractivity contribution is 0.0315. The Morgan fingerprint density at radius 2 is 1.61 bits per heavy atom. The van der Waals surface area contributed by atoms with Crippen LogP contribution in [-0.2, 0) is 0 Å². The Bertz CT molecular complexity index is 369. The molecular weight excluding hydrogens is 224 g/mol. The van der Waals surface area contributed by atoms with Gasteiger partial charge in [0.25, 0.3) is 0 Å². The molecular formula is C15H24N2O. The number of hydrogen-bond acceptors (Lipinski definition) is 3. The molecule has 0 aliphatic carbocycles. The summed E-state index contributed by atoms with van der Waals surface area (Å²) in [6, 6.07) is 8.38. The van der Waals surface area contributed by atoms with Gasteiger partial charge in [-0.3, -0.25) is 4.90 Å². The third-order valence-corrected chi connectivity index (χ3v) is 3.99. The second-order valence-corrected chi connectivity index (χ2v) is 5.44. The summed E-state index contributed by atoms with van der Waals surface area (Å²) >= 11 is 0. The summed E-state index contributed by atoms with van der Waals surface area (Å²) in [4.78, 5) is 4.71. The summed E-state index contributed by atoms with van der Waals surface area (Å²) in [5.41, 5.74) is 2.25. The minimum absolute atomic E-state index is 0.182. The summed E-state index contributed by atoms with van der Waals surface area (Å²) in [6.07, 6.45) is -0.394. The maximum absolute atomic E-state index is 10.4. The van der Waals surface area contributed by atoms with Crippen LogP contribution in [0, 0.1) is 6.92 Å². The predicted molar refractivity (Wildman–Crippen MR) is 74.7 cm³/mol. The molecule has 1 aromatic rings. The van der Waals surface area contributed by atoms with Gasteiger partial charge in [0.15, 0.2) is 0 Å². The van der Waals surface area contributed by atoms with Gasteiger partial charge in [-0.1, -0.05) is 29.8 Å². The van der Waals surface area contributed by atoms with Crippen molar-refractivity contribution in [3.63, 3.8) is 0 Å². The third kappa shape index (κ3) is 3.10. The highest BCUT2D eigenvalue weighted by Gasteiger charge is 2.25. The predicted octanol–water partition coefficient (Wildman–Crippen LogP) is 1.66. The molecule has 2 atom stereocenters. The average molecular weight is 248 g/mol. The van der Waals surface area contributed by atoms with E-state index >= 15 is 0 Å². The van der Waals surface area contributed by atoms with Gasteiger partial charge in [-0.15, -0.1) is 0 Å². The molecule has 2 rings (SSSR count). The molecule has 1 heterocycles. The van der Waals surface area contributed by atoms with E-state index in [2.05, 4.69) is 42.8 Å². The lowest BCUT2D eigenvalue weighted by Crippen LogP contribution is -2.49. The van der Waals surface area contributed by atoms with Crippen LogP contribution in [-0.4, -0.2) is 54.2 Å². The Morgan fingerprint density at radius 3 is 2.17 bits per heavy atom. The highest BCUT2D eigenvalue weighted by Crippen LogP contribution is 2.22. The van der Waals surface area contributed by atoms with E-state index in [0.717, 1.165) is 31.7 Å². The first-order chi connectivity index (χ1) is 8.58. The van der Waals surface area contributed by atoms with Crippen molar-refractivity contribution in [1.29, 1.82) is 0 Å². The quantitative estimate of drug-likeness (QED) is 0.881. The molecule has 2 unspecified atom stereocenters. The van der Waals surface area contributed by atoms with Crippen molar-refractivity contribution in [3.05, 3.63) is 35.4 Å². The molecule has 100 valence electrons. The highest BCUT2D eigenvalue weighted by molar-refractivity contribution is 5.24. The maximum atomic E-state index is 10.4. The molecule has 1 aliphatic heterocycles. The summed E-state index contributed by atoms with van der Waals surface area (Å²) < 4.78 is 0. The lowest BCUT2D eigenvalue weighted by atomic mass is 10.0. The molecule has 0 aromatic heterocycles. The van der Waals surface area contributed by atoms with E-state index < -0.39 is 6.10 Å². The number of benzene rings is 1. The number of piperazine rings is 1. The number of likely N-dealkylation sites (N-methyl/N-ethyl adjacent to an activating group) is 1. The second-order valence-electron chi connectivity index (χ2n) is 5.44. The first-order valence-electron chi connectivity index (χ1n) is 6.75. The normalized spacial score (nSPS) is 21.8. The van der Waals surface area contributed by atoms with Crippen molar-refractivity contribution in [2.45, 2.75) is 26.0 Å². The van der Waals surface area contributed by atoms with Crippen LogP contribution in [0.2, 0.25) is 0 Å². The molecule has 0 spiro atoms. The molecule has 1 aliphatic rings. The van der Waals surface area contributed by atoms with Gasteiger partial charge in [0.2, 0.25) is 0 Å². The number of aryl methyl sites for hydroxylation is 1. The largest absolute Gasteiger partial charge is 0.387 e. The standard InChI is InChI=1S/C15H24N2O/c1-12-4-6-14(7-5-12)15(18)13(2)17-10-8-16(3)9-11-17/h4-7,13,15,18H,8-11H2,1-3H3. The zero-order valence-corrected chi connectivity index (χ0v) is 11.6. The second kappa shape index (κ2) is 5.83. The molecule has 1 fully saturated rings. The van der Waals surface area contributed by atoms with Gasteiger partial charge in [-0.25, -0.2) is 0 Å². The topological polar surface area (TPSA) is 26.7 Å². The van der Waals surface area contributed by atoms with Crippen LogP contribution in [0.25, 0.3) is 0 Å². The summed E-state index contributed by atoms with van der Waals surface area (Å²) in [5.74, 6) is 0. The van der Waals surface area contributed by atoms with E-state index in [-0.39, 0.29) is 6.04 Å². The lowest BCUT2D eigenvalue weighted by Gasteiger charge is -2.38. The highest BCUT2D eigenvalue weighted by atomic mass is 16.3. The van der Waals surface area contributed by atoms with Gasteiger partial charge in [0.05, 0.1) is 6.10 Å². The Balaban J connectivity index is 1.99. The van der Waals surface area contributed by atoms with Crippen molar-refractivity contribution in [3.8, 4) is 0 Å². The van der Waals surface area contributed by atoms with Crippen molar-refractivity contribution >= 4 is 0 Å². The van der Waals surface area contributed by atoms with Crippen molar-refractivity contribution in [2.75, 3.05) is 33.2 Å². The van der Waals surface area contributed by atoms with Crippen LogP contribution >= 0.6 is 0 Å². The molecule has 1 aromatic carbocycles. The Hall–Kier alpha value is -0.900. The number of hydrogen-bond donors (Lipinski definition) is 1. The van der Waals surface area contributed by atoms with Crippen molar-refractivity contribution in [1.82, 2.24) is 9.80 Å². The SMILES string of the molecule is Cc1ccc(C(O)C(C)N2CCN(C)CC2)cc1. The van der Waals surface area contributed by atoms with Crippen LogP contribution in [0.4, 0.5) is 0 Å². The zero-order chi connectivity index (χ0) is 13.1. The fourth-order valence-corrected chi connectivity index (χ4v) is 2.47. The first kappa shape index (κ1) is 13.5. The van der Waals surface area contributed by atoms with Crippen LogP contribution in [0.5, 0.6) is 0 Å². The van der Waals surface area contributed by atoms with E-state index in [4.69, 9.17) is 0 Å². The molecule has 0 bridgehead atoms. The molecule has 3 heteroatoms. The van der Waals surface area contributed by atoms with E-state index in [0.29, 0.717) is 0 Å². The monoisotopic (exact) mass is 248 g/mol. The molecule has 1 N–H and O–H groups in total. The third-order valence-electron chi connectivity index (χ3n) is 3.99. The Labute approximate surface area is 110 Å². The van der Waals surface area contributed by atoms with Gasteiger partial charge in [-0.05, 0) is 26.5 Å². The summed E-state index contributed by atoms with van der Waals surface area (Å²) in [6.45, 7) is 8.45. The van der Waals surface area contributed by atoms with E-state index in [1.54, 1.807) is 0 Å². The number of nitrogens with zero attached hydrogens (tertiary/aromatic N) is 2. The fourth-order valence-electron chi connectivity index (χ4n) is 2.47. The zero-order valence-electron chi connectivity index (χ0n) is 11.6. The number of rotatable bonds is 3. The maximum Gasteiger partial charge on any atom is 0.0942 e. The van der Waals surface area contributed by atoms with Crippen LogP contribution < -0.4 is 0 Å². The number of aliphatic hydroxyl groups is 1. The minimum atomic E-state index is -0.394. The fraction of sp³-hybridized carbons (Fsp3) is 0.600. The first-order valence-corrected chi connectivity index (χ1v) is 6.75. The smallest absolute Gasteiger partial charge is 0.0942 e. The van der Waals surface area contributed by atoms with Gasteiger partial charge in [0, 0.05) is 32.2 Å². The Morgan fingerprint density at radius 1 is 1.06 bits per heavy atom. The van der Waals surface area contributed by atoms with Gasteiger partial charge in [0.1, 0.15) is 0 Å². The molecule has 0 radical (unpaired) electrons. The molecule has 18 heavy (non-hydrogen) atoms. The van der Waals surface area contributed by atoms with E-state index in [1.807, 2.05) is 12.1 Å². The molecule has 3 nitrogen and oxygen atoms in total. The number of aliphatic hydroxyl groups excluding tert-OH is 1. The van der Waals surface area contributed by atoms with Gasteiger partial charge in [-0.2, -0.15) is 0 Å². The summed E-state index contributed by atoms with van der Waals surface area (Å²) in [7, 11) is 2.15. The van der Waals surface area contributed by atoms with Gasteiger partial charge < -0.3 is 10.0 Å². The van der Waals surface area contributed by atoms with Crippen molar-refractivity contribution in [2.24, 2.45) is 0 Å². The van der Waals surface area contributed by atoms with E-state index in [9.17, 15) is 5.11 Å². The summed E-state index contributed by atoms with van der Waals surface area (Å²) in [5, 5.41) is 10.4. The molecule has 0 amide bonds. The molecule has 1 saturated heterocycles. The minimum Gasteiger partial charge on any atom is -0.387 e. The van der Waals surface area contributed by atoms with Crippen LogP contribution in [0.3, 0.4) is 0 Å². The van der Waals surface area contributed by atoms with E-state index in [1.165, 1.54) is 5.56 Å². The van der Waals surface area contributed by atoms with Gasteiger partial charge >= 0.3 is 0 Å². The molecule has 0 saturated carbocycles.